The first kappa shape index (κ1) is 84.4. The number of carbonyl (C=O) groups excluding carboxylic acids is 2. The Morgan fingerprint density at radius 3 is 0.625 bits per heavy atom. The fourth-order valence-electron chi connectivity index (χ4n) is 11.9. The van der Waals surface area contributed by atoms with Crippen molar-refractivity contribution in [2.45, 2.75) is 350 Å². The number of rotatable bonds is 66. The molecule has 0 aliphatic rings. The van der Waals surface area contributed by atoms with Gasteiger partial charge in [-0.1, -0.05) is 311 Å². The molecule has 0 fully saturated rings. The van der Waals surface area contributed by atoms with Gasteiger partial charge in [-0.15, -0.1) is 0 Å². The molecule has 546 valence electrons. The highest BCUT2D eigenvalue weighted by Crippen LogP contribution is 2.44. The van der Waals surface area contributed by atoms with Crippen LogP contribution >= 0.6 is 0 Å². The first-order valence-corrected chi connectivity index (χ1v) is 39.1. The van der Waals surface area contributed by atoms with Crippen LogP contribution in [0.1, 0.15) is 370 Å². The number of ether oxygens (including phenoxy) is 8. The van der Waals surface area contributed by atoms with E-state index in [0.717, 1.165) is 153 Å². The molecular weight excluding hydrogens is 1210 g/mol. The minimum atomic E-state index is -1.01. The van der Waals surface area contributed by atoms with Crippen LogP contribution < -0.4 is 37.9 Å². The number of nitrogens with zero attached hydrogens (tertiary/aromatic N) is 2. The molecule has 3 aromatic carbocycles. The van der Waals surface area contributed by atoms with Crippen LogP contribution in [0.15, 0.2) is 36.4 Å². The van der Waals surface area contributed by atoms with Crippen molar-refractivity contribution in [1.29, 1.82) is 0 Å². The van der Waals surface area contributed by atoms with Crippen molar-refractivity contribution in [1.82, 2.24) is 0 Å². The first-order chi connectivity index (χ1) is 47.0. The quantitative estimate of drug-likeness (QED) is 0.0170. The Balaban J connectivity index is 2.13. The molecule has 0 radical (unpaired) electrons. The topological polar surface area (TPSA) is 194 Å². The van der Waals surface area contributed by atoms with E-state index in [1.165, 1.54) is 191 Å². The van der Waals surface area contributed by atoms with E-state index in [1.807, 2.05) is 0 Å². The van der Waals surface area contributed by atoms with Crippen LogP contribution in [0.3, 0.4) is 0 Å². The van der Waals surface area contributed by atoms with E-state index in [-0.39, 0.29) is 34.1 Å². The SMILES string of the molecule is CCCCCCCCCCOc1cc(C(=O)Oc2cc([N+](=O)[O-])c([N+](=O)[O-])cc2OC(=O)c2cc(OCCCCCCCCCC)c(OCCCCCCCCCC)c(OCCCCCCCCCC)c2)cc(OCCCCCCCCCC)c1OCCCCCCCCCC. The van der Waals surface area contributed by atoms with Crippen molar-refractivity contribution in [2.75, 3.05) is 39.6 Å². The lowest BCUT2D eigenvalue weighted by molar-refractivity contribution is -0.422. The second-order valence-electron chi connectivity index (χ2n) is 26.6. The summed E-state index contributed by atoms with van der Waals surface area (Å²) in [5.74, 6) is -1.32. The largest absolute Gasteiger partial charge is 0.490 e. The van der Waals surface area contributed by atoms with Crippen molar-refractivity contribution < 1.29 is 57.3 Å². The van der Waals surface area contributed by atoms with Crippen LogP contribution in [-0.4, -0.2) is 61.4 Å². The zero-order valence-corrected chi connectivity index (χ0v) is 61.3. The van der Waals surface area contributed by atoms with Gasteiger partial charge >= 0.3 is 23.3 Å². The number of benzene rings is 3. The van der Waals surface area contributed by atoms with E-state index in [0.29, 0.717) is 51.1 Å². The molecule has 0 amide bonds. The lowest BCUT2D eigenvalue weighted by Gasteiger charge is -2.19. The number of hydrogen-bond acceptors (Lipinski definition) is 14. The van der Waals surface area contributed by atoms with Crippen LogP contribution in [0.5, 0.6) is 46.0 Å². The maximum Gasteiger partial charge on any atom is 0.350 e. The normalized spacial score (nSPS) is 11.2. The molecule has 0 heterocycles. The lowest BCUT2D eigenvalue weighted by Crippen LogP contribution is -2.15. The van der Waals surface area contributed by atoms with Crippen molar-refractivity contribution in [3.05, 3.63) is 67.8 Å². The first-order valence-electron chi connectivity index (χ1n) is 39.1. The van der Waals surface area contributed by atoms with Crippen molar-refractivity contribution in [3.63, 3.8) is 0 Å². The number of unbranched alkanes of at least 4 members (excludes halogenated alkanes) is 42. The summed E-state index contributed by atoms with van der Waals surface area (Å²) < 4.78 is 51.3. The molecule has 0 atom stereocenters. The van der Waals surface area contributed by atoms with E-state index in [9.17, 15) is 29.8 Å². The summed E-state index contributed by atoms with van der Waals surface area (Å²) in [4.78, 5) is 53.0. The Hall–Kier alpha value is -5.80. The van der Waals surface area contributed by atoms with Crippen LogP contribution in [0.4, 0.5) is 11.4 Å². The van der Waals surface area contributed by atoms with E-state index < -0.39 is 44.7 Å². The average Bonchev–Trinajstić information content (AvgIpc) is 0.806. The second kappa shape index (κ2) is 57.1. The van der Waals surface area contributed by atoms with Gasteiger partial charge in [-0.3, -0.25) is 20.2 Å². The van der Waals surface area contributed by atoms with Crippen molar-refractivity contribution in [3.8, 4) is 46.0 Å². The molecule has 0 saturated carbocycles. The Morgan fingerprint density at radius 2 is 0.438 bits per heavy atom. The Bertz CT molecular complexity index is 2250. The summed E-state index contributed by atoms with van der Waals surface area (Å²) in [5.41, 5.74) is -2.02. The molecule has 3 aromatic rings. The third kappa shape index (κ3) is 38.4. The van der Waals surface area contributed by atoms with E-state index in [2.05, 4.69) is 41.5 Å². The molecular formula is C80H132N2O14. The minimum Gasteiger partial charge on any atom is -0.490 e. The standard InChI is InChI=1S/C80H132N2O14/c1-7-13-19-25-31-37-43-49-55-89-73-61-67(62-74(90-56-50-44-38-32-26-20-14-8-2)77(73)93-59-53-47-41-35-29-23-17-11-5)79(83)95-71-65-69(81(85)86)70(82(87)88)66-72(71)96-80(84)68-63-75(91-57-51-45-39-33-27-21-15-9-3)78(94-60-54-48-42-36-30-24-18-12-6)76(64-68)92-58-52-46-40-34-28-22-16-10-4/h61-66H,7-60H2,1-6H3. The van der Waals surface area contributed by atoms with E-state index >= 15 is 0 Å². The maximum atomic E-state index is 14.8. The third-order valence-electron chi connectivity index (χ3n) is 17.9. The third-order valence-corrected chi connectivity index (χ3v) is 17.9. The fourth-order valence-corrected chi connectivity index (χ4v) is 11.9. The highest BCUT2D eigenvalue weighted by molar-refractivity contribution is 5.95. The van der Waals surface area contributed by atoms with Gasteiger partial charge < -0.3 is 37.9 Å². The van der Waals surface area contributed by atoms with E-state index in [4.69, 9.17) is 37.9 Å². The molecule has 16 nitrogen and oxygen atoms in total. The van der Waals surface area contributed by atoms with Crippen LogP contribution in [0.2, 0.25) is 0 Å². The predicted molar refractivity (Wildman–Crippen MR) is 391 cm³/mol. The maximum absolute atomic E-state index is 14.8. The summed E-state index contributed by atoms with van der Waals surface area (Å²) in [6.45, 7) is 15.5. The summed E-state index contributed by atoms with van der Waals surface area (Å²) >= 11 is 0. The minimum absolute atomic E-state index is 0.0383. The molecule has 0 spiro atoms. The highest BCUT2D eigenvalue weighted by Gasteiger charge is 2.32. The van der Waals surface area contributed by atoms with E-state index in [1.54, 1.807) is 0 Å². The number of nitro groups is 2. The van der Waals surface area contributed by atoms with Crippen LogP contribution in [0, 0.1) is 20.2 Å². The fraction of sp³-hybridized carbons (Fsp3) is 0.750. The molecule has 0 aliphatic heterocycles. The molecule has 0 saturated heterocycles. The molecule has 16 heteroatoms. The molecule has 0 unspecified atom stereocenters. The van der Waals surface area contributed by atoms with Gasteiger partial charge in [0.25, 0.3) is 0 Å². The Kier molecular flexibility index (Phi) is 50.3. The average molecular weight is 1350 g/mol. The molecule has 96 heavy (non-hydrogen) atoms. The van der Waals surface area contributed by atoms with Crippen LogP contribution in [-0.2, 0) is 0 Å². The van der Waals surface area contributed by atoms with Gasteiger partial charge in [0.1, 0.15) is 0 Å². The van der Waals surface area contributed by atoms with Crippen LogP contribution in [0.25, 0.3) is 0 Å². The smallest absolute Gasteiger partial charge is 0.350 e. The van der Waals surface area contributed by atoms with Crippen molar-refractivity contribution in [2.24, 2.45) is 0 Å². The molecule has 0 bridgehead atoms. The number of hydrogen-bond donors (Lipinski definition) is 0. The zero-order valence-electron chi connectivity index (χ0n) is 61.3. The number of carbonyl (C=O) groups is 2. The lowest BCUT2D eigenvalue weighted by atomic mass is 10.1. The number of esters is 2. The monoisotopic (exact) mass is 1340 g/mol. The second-order valence-corrected chi connectivity index (χ2v) is 26.6. The molecule has 0 aliphatic carbocycles. The zero-order chi connectivity index (χ0) is 69.3. The van der Waals surface area contributed by atoms with Gasteiger partial charge in [0, 0.05) is 0 Å². The Morgan fingerprint density at radius 1 is 0.260 bits per heavy atom. The summed E-state index contributed by atoms with van der Waals surface area (Å²) in [6.07, 6.45) is 53.1. The molecule has 0 N–H and O–H groups in total. The van der Waals surface area contributed by atoms with Crippen molar-refractivity contribution >= 4 is 23.3 Å². The molecule has 0 aromatic heterocycles. The van der Waals surface area contributed by atoms with Gasteiger partial charge in [0.15, 0.2) is 34.5 Å². The summed E-state index contributed by atoms with van der Waals surface area (Å²) in [7, 11) is 0. The van der Waals surface area contributed by atoms with Gasteiger partial charge in [-0.2, -0.15) is 0 Å². The highest BCUT2D eigenvalue weighted by atomic mass is 16.6. The van der Waals surface area contributed by atoms with Gasteiger partial charge in [0.2, 0.25) is 11.5 Å². The van der Waals surface area contributed by atoms with Gasteiger partial charge in [0.05, 0.1) is 72.7 Å². The number of nitro benzene ring substituents is 2. The van der Waals surface area contributed by atoms with Gasteiger partial charge in [-0.05, 0) is 62.8 Å². The predicted octanol–water partition coefficient (Wildman–Crippen LogP) is 25.1. The molecule has 3 rings (SSSR count). The van der Waals surface area contributed by atoms with Gasteiger partial charge in [-0.25, -0.2) is 9.59 Å². The summed E-state index contributed by atoms with van der Waals surface area (Å²) in [5, 5.41) is 25.2. The summed E-state index contributed by atoms with van der Waals surface area (Å²) in [6, 6.07) is 7.58. The Labute approximate surface area is 581 Å².